The van der Waals surface area contributed by atoms with Gasteiger partial charge in [0.15, 0.2) is 0 Å². The highest BCUT2D eigenvalue weighted by Gasteiger charge is 2.08. The van der Waals surface area contributed by atoms with Crippen LogP contribution in [0.4, 0.5) is 0 Å². The summed E-state index contributed by atoms with van der Waals surface area (Å²) in [5, 5.41) is 1.29. The van der Waals surface area contributed by atoms with Gasteiger partial charge in [0.25, 0.3) is 0 Å². The average Bonchev–Trinajstić information content (AvgIpc) is 2.41. The number of para-hydroxylation sites is 1. The van der Waals surface area contributed by atoms with Crippen LogP contribution in [0, 0.1) is 4.77 Å². The zero-order valence-corrected chi connectivity index (χ0v) is 12.8. The second kappa shape index (κ2) is 5.04. The summed E-state index contributed by atoms with van der Waals surface area (Å²) in [6.07, 6.45) is 0. The van der Waals surface area contributed by atoms with E-state index in [2.05, 4.69) is 20.9 Å². The van der Waals surface area contributed by atoms with Gasteiger partial charge in [0.2, 0.25) is 4.77 Å². The molecule has 0 unspecified atom stereocenters. The molecule has 3 rings (SSSR count). The molecule has 94 valence electrons. The molecule has 2 aromatic carbocycles. The lowest BCUT2D eigenvalue weighted by atomic mass is 10.2. The van der Waals surface area contributed by atoms with Crippen molar-refractivity contribution in [3.63, 3.8) is 0 Å². The van der Waals surface area contributed by atoms with Crippen LogP contribution in [-0.4, -0.2) is 9.55 Å². The quantitative estimate of drug-likeness (QED) is 0.444. The molecule has 0 aliphatic rings. The summed E-state index contributed by atoms with van der Waals surface area (Å²) in [5.41, 5.74) is 1.92. The molecular weight excluding hydrogens is 344 g/mol. The Morgan fingerprint density at radius 1 is 1.11 bits per heavy atom. The molecule has 0 atom stereocenters. The van der Waals surface area contributed by atoms with Gasteiger partial charge < -0.3 is 0 Å². The Bertz CT molecular complexity index is 815. The van der Waals surface area contributed by atoms with Crippen LogP contribution in [0.5, 0.6) is 0 Å². The SMILES string of the molecule is S=c1nc(Cl)c2cc(Br)ccc2n1-c1ccccc1. The van der Waals surface area contributed by atoms with E-state index in [1.807, 2.05) is 53.1 Å². The predicted molar refractivity (Wildman–Crippen MR) is 84.6 cm³/mol. The van der Waals surface area contributed by atoms with Crippen molar-refractivity contribution in [1.29, 1.82) is 0 Å². The summed E-state index contributed by atoms with van der Waals surface area (Å²) in [4.78, 5) is 4.24. The van der Waals surface area contributed by atoms with E-state index >= 15 is 0 Å². The van der Waals surface area contributed by atoms with Crippen LogP contribution >= 0.6 is 39.7 Å². The third-order valence-electron chi connectivity index (χ3n) is 2.82. The first-order chi connectivity index (χ1) is 9.16. The maximum Gasteiger partial charge on any atom is 0.206 e. The molecule has 19 heavy (non-hydrogen) atoms. The first-order valence-corrected chi connectivity index (χ1v) is 7.18. The number of benzene rings is 2. The fourth-order valence-corrected chi connectivity index (χ4v) is 2.93. The minimum absolute atomic E-state index is 0.425. The van der Waals surface area contributed by atoms with Crippen molar-refractivity contribution in [3.05, 3.63) is 62.9 Å². The van der Waals surface area contributed by atoms with Crippen molar-refractivity contribution in [2.24, 2.45) is 0 Å². The molecule has 0 bridgehead atoms. The molecular formula is C14H8BrClN2S. The molecule has 0 saturated carbocycles. The molecule has 0 aliphatic carbocycles. The van der Waals surface area contributed by atoms with E-state index in [0.29, 0.717) is 9.92 Å². The molecule has 5 heteroatoms. The third kappa shape index (κ3) is 2.31. The number of rotatable bonds is 1. The summed E-state index contributed by atoms with van der Waals surface area (Å²) in [6, 6.07) is 15.8. The second-order valence-corrected chi connectivity index (χ2v) is 5.66. The molecule has 2 nitrogen and oxygen atoms in total. The monoisotopic (exact) mass is 350 g/mol. The highest BCUT2D eigenvalue weighted by molar-refractivity contribution is 9.10. The van der Waals surface area contributed by atoms with Crippen LogP contribution in [0.15, 0.2) is 53.0 Å². The molecule has 0 aliphatic heterocycles. The average molecular weight is 352 g/mol. The van der Waals surface area contributed by atoms with E-state index in [9.17, 15) is 0 Å². The van der Waals surface area contributed by atoms with Gasteiger partial charge in [-0.05, 0) is 42.5 Å². The fraction of sp³-hybridized carbons (Fsp3) is 0. The van der Waals surface area contributed by atoms with Gasteiger partial charge in [-0.25, -0.2) is 4.98 Å². The van der Waals surface area contributed by atoms with Crippen LogP contribution in [0.25, 0.3) is 16.6 Å². The van der Waals surface area contributed by atoms with Crippen LogP contribution in [-0.2, 0) is 0 Å². The van der Waals surface area contributed by atoms with Crippen molar-refractivity contribution in [2.75, 3.05) is 0 Å². The lowest BCUT2D eigenvalue weighted by Crippen LogP contribution is -2.01. The Hall–Kier alpha value is -1.23. The molecule has 1 aromatic heterocycles. The number of aromatic nitrogens is 2. The Balaban J connectivity index is 2.46. The summed E-state index contributed by atoms with van der Waals surface area (Å²) in [7, 11) is 0. The number of fused-ring (bicyclic) bond motifs is 1. The zero-order chi connectivity index (χ0) is 13.4. The highest BCUT2D eigenvalue weighted by Crippen LogP contribution is 2.27. The Labute approximate surface area is 128 Å². The Morgan fingerprint density at radius 2 is 1.84 bits per heavy atom. The van der Waals surface area contributed by atoms with E-state index in [-0.39, 0.29) is 0 Å². The van der Waals surface area contributed by atoms with Gasteiger partial charge in [-0.15, -0.1) is 0 Å². The van der Waals surface area contributed by atoms with Gasteiger partial charge in [0, 0.05) is 15.5 Å². The first kappa shape index (κ1) is 12.8. The standard InChI is InChI=1S/C14H8BrClN2S/c15-9-6-7-12-11(8-9)13(16)17-14(19)18(12)10-4-2-1-3-5-10/h1-8H. The van der Waals surface area contributed by atoms with Crippen LogP contribution < -0.4 is 0 Å². The maximum atomic E-state index is 6.18. The fourth-order valence-electron chi connectivity index (χ4n) is 1.99. The maximum absolute atomic E-state index is 6.18. The Kier molecular flexibility index (Phi) is 3.39. The lowest BCUT2D eigenvalue weighted by molar-refractivity contribution is 1.01. The molecule has 0 amide bonds. The number of hydrogen-bond donors (Lipinski definition) is 0. The van der Waals surface area contributed by atoms with Crippen LogP contribution in [0.1, 0.15) is 0 Å². The number of halogens is 2. The van der Waals surface area contributed by atoms with Crippen molar-refractivity contribution >= 4 is 50.7 Å². The molecule has 0 N–H and O–H groups in total. The summed E-state index contributed by atoms with van der Waals surface area (Å²) in [6.45, 7) is 0. The van der Waals surface area contributed by atoms with Crippen LogP contribution in [0.3, 0.4) is 0 Å². The molecule has 0 radical (unpaired) electrons. The summed E-state index contributed by atoms with van der Waals surface area (Å²) >= 11 is 15.0. The predicted octanol–water partition coefficient (Wildman–Crippen LogP) is 5.17. The zero-order valence-electron chi connectivity index (χ0n) is 9.68. The number of nitrogens with zero attached hydrogens (tertiary/aromatic N) is 2. The van der Waals surface area contributed by atoms with Gasteiger partial charge in [0.1, 0.15) is 5.15 Å². The van der Waals surface area contributed by atoms with E-state index in [0.717, 1.165) is 21.1 Å². The second-order valence-electron chi connectivity index (χ2n) is 4.02. The minimum atomic E-state index is 0.425. The largest absolute Gasteiger partial charge is 0.285 e. The minimum Gasteiger partial charge on any atom is -0.285 e. The van der Waals surface area contributed by atoms with Crippen molar-refractivity contribution < 1.29 is 0 Å². The van der Waals surface area contributed by atoms with E-state index in [1.165, 1.54) is 0 Å². The van der Waals surface area contributed by atoms with Crippen molar-refractivity contribution in [1.82, 2.24) is 9.55 Å². The third-order valence-corrected chi connectivity index (χ3v) is 3.88. The normalized spacial score (nSPS) is 10.8. The summed E-state index contributed by atoms with van der Waals surface area (Å²) in [5.74, 6) is 0. The Morgan fingerprint density at radius 3 is 2.58 bits per heavy atom. The van der Waals surface area contributed by atoms with Crippen molar-refractivity contribution in [3.8, 4) is 5.69 Å². The molecule has 0 saturated heterocycles. The van der Waals surface area contributed by atoms with Crippen molar-refractivity contribution in [2.45, 2.75) is 0 Å². The molecule has 0 fully saturated rings. The van der Waals surface area contributed by atoms with Gasteiger partial charge in [-0.2, -0.15) is 0 Å². The van der Waals surface area contributed by atoms with Gasteiger partial charge >= 0.3 is 0 Å². The number of hydrogen-bond acceptors (Lipinski definition) is 2. The first-order valence-electron chi connectivity index (χ1n) is 5.60. The van der Waals surface area contributed by atoms with Gasteiger partial charge in [0.05, 0.1) is 5.52 Å². The van der Waals surface area contributed by atoms with Crippen LogP contribution in [0.2, 0.25) is 5.15 Å². The highest BCUT2D eigenvalue weighted by atomic mass is 79.9. The summed E-state index contributed by atoms with van der Waals surface area (Å²) < 4.78 is 3.33. The van der Waals surface area contributed by atoms with E-state index < -0.39 is 0 Å². The molecule has 0 spiro atoms. The van der Waals surface area contributed by atoms with E-state index in [1.54, 1.807) is 0 Å². The van der Waals surface area contributed by atoms with E-state index in [4.69, 9.17) is 23.8 Å². The van der Waals surface area contributed by atoms with Gasteiger partial charge in [-0.3, -0.25) is 4.57 Å². The smallest absolute Gasteiger partial charge is 0.206 e. The molecule has 1 heterocycles. The lowest BCUT2D eigenvalue weighted by Gasteiger charge is -2.12. The van der Waals surface area contributed by atoms with Gasteiger partial charge in [-0.1, -0.05) is 45.7 Å². The molecule has 3 aromatic rings. The topological polar surface area (TPSA) is 17.8 Å².